The second kappa shape index (κ2) is 22.9. The average Bonchev–Trinajstić information content (AvgIpc) is 2.98. The number of carboxylic acid groups (broad SMARTS) is 2. The predicted octanol–water partition coefficient (Wildman–Crippen LogP) is -4.85. The first-order valence-corrected chi connectivity index (χ1v) is 15.1. The minimum absolute atomic E-state index is 0.0397. The summed E-state index contributed by atoms with van der Waals surface area (Å²) in [5.74, 6) is -7.78. The van der Waals surface area contributed by atoms with Gasteiger partial charge in [0.25, 0.3) is 0 Å². The van der Waals surface area contributed by atoms with Gasteiger partial charge in [0.2, 0.25) is 29.5 Å². The summed E-state index contributed by atoms with van der Waals surface area (Å²) in [6, 6.07) is -6.91. The van der Waals surface area contributed by atoms with E-state index in [9.17, 15) is 48.9 Å². The number of nitrogens with one attached hydrogen (secondary N) is 5. The third-order valence-electron chi connectivity index (χ3n) is 6.48. The zero-order valence-electron chi connectivity index (χ0n) is 26.7. The molecule has 268 valence electrons. The number of unbranched alkanes of at least 4 members (excludes halogenated alkanes) is 1. The molecule has 5 amide bonds. The van der Waals surface area contributed by atoms with E-state index in [1.54, 1.807) is 13.8 Å². The molecule has 0 saturated carbocycles. The van der Waals surface area contributed by atoms with Gasteiger partial charge in [-0.15, -0.1) is 0 Å². The molecule has 20 heteroatoms. The Labute approximate surface area is 272 Å². The summed E-state index contributed by atoms with van der Waals surface area (Å²) in [6.45, 7) is 2.41. The maximum Gasteiger partial charge on any atom is 0.328 e. The third-order valence-corrected chi connectivity index (χ3v) is 6.48. The zero-order chi connectivity index (χ0) is 36.1. The first-order valence-electron chi connectivity index (χ1n) is 15.1. The van der Waals surface area contributed by atoms with Crippen molar-refractivity contribution in [3.05, 3.63) is 0 Å². The molecule has 0 aliphatic carbocycles. The van der Waals surface area contributed by atoms with Gasteiger partial charge >= 0.3 is 11.9 Å². The first kappa shape index (κ1) is 42.4. The summed E-state index contributed by atoms with van der Waals surface area (Å²) in [5, 5.41) is 39.3. The maximum atomic E-state index is 13.4. The fourth-order valence-corrected chi connectivity index (χ4v) is 4.05. The number of rotatable bonds is 24. The summed E-state index contributed by atoms with van der Waals surface area (Å²) in [4.78, 5) is 90.7. The van der Waals surface area contributed by atoms with Crippen LogP contribution in [0.15, 0.2) is 4.99 Å². The van der Waals surface area contributed by atoms with Crippen molar-refractivity contribution in [2.24, 2.45) is 33.8 Å². The highest BCUT2D eigenvalue weighted by molar-refractivity contribution is 5.96. The Kier molecular flexibility index (Phi) is 20.6. The number of aliphatic imine (C=N–C) groups is 1. The standard InChI is InChI=1S/C27H50N10O10/c1-14(2)10-17(24(44)37-19(13-38)26(46)47)36-23(43)16(7-5-9-32-27(30)31)35-25(45)18(11-21(40)41)34-20(39)12-33-22(42)15(29)6-3-4-8-28/h14-19,38H,3-13,28-29H2,1-2H3,(H,33,42)(H,34,39)(H,35,45)(H,36,43)(H,37,44)(H,40,41)(H,46,47)(H4,30,31,32)/t15-,16-,17-,18-,19-/m0/s1. The molecule has 0 bridgehead atoms. The van der Waals surface area contributed by atoms with Crippen LogP contribution in [-0.4, -0.2) is 119 Å². The van der Waals surface area contributed by atoms with E-state index < -0.39 is 91.3 Å². The van der Waals surface area contributed by atoms with Gasteiger partial charge in [0.1, 0.15) is 24.2 Å². The predicted molar refractivity (Wildman–Crippen MR) is 168 cm³/mol. The van der Waals surface area contributed by atoms with E-state index in [0.717, 1.165) is 0 Å². The molecular formula is C27H50N10O10. The van der Waals surface area contributed by atoms with Crippen LogP contribution in [0.2, 0.25) is 0 Å². The van der Waals surface area contributed by atoms with E-state index >= 15 is 0 Å². The fraction of sp³-hybridized carbons (Fsp3) is 0.704. The Bertz CT molecular complexity index is 1100. The van der Waals surface area contributed by atoms with Crippen LogP contribution in [0, 0.1) is 5.92 Å². The SMILES string of the molecule is CC(C)C[C@H](NC(=O)[C@H](CCCN=C(N)N)NC(=O)[C@H](CC(=O)O)NC(=O)CNC(=O)[C@@H](N)CCCCN)C(=O)N[C@@H](CO)C(=O)O. The van der Waals surface area contributed by atoms with Crippen molar-refractivity contribution in [3.8, 4) is 0 Å². The number of amides is 5. The highest BCUT2D eigenvalue weighted by atomic mass is 16.4. The molecule has 0 aromatic heterocycles. The van der Waals surface area contributed by atoms with Gasteiger partial charge in [-0.2, -0.15) is 0 Å². The summed E-state index contributed by atoms with van der Waals surface area (Å²) in [5.41, 5.74) is 21.9. The molecule has 0 spiro atoms. The molecule has 0 heterocycles. The number of aliphatic hydroxyl groups excluding tert-OH is 1. The number of hydrogen-bond donors (Lipinski definition) is 12. The van der Waals surface area contributed by atoms with Gasteiger partial charge in [-0.1, -0.05) is 20.3 Å². The Morgan fingerprint density at radius 2 is 1.32 bits per heavy atom. The molecule has 0 saturated heterocycles. The number of carbonyl (C=O) groups is 7. The topological polar surface area (TPSA) is 357 Å². The number of nitrogens with two attached hydrogens (primary N) is 4. The number of carboxylic acids is 2. The zero-order valence-corrected chi connectivity index (χ0v) is 26.7. The molecule has 47 heavy (non-hydrogen) atoms. The molecule has 0 aromatic carbocycles. The van der Waals surface area contributed by atoms with Gasteiger partial charge in [-0.25, -0.2) is 4.79 Å². The van der Waals surface area contributed by atoms with E-state index in [-0.39, 0.29) is 37.7 Å². The van der Waals surface area contributed by atoms with E-state index in [0.29, 0.717) is 25.8 Å². The van der Waals surface area contributed by atoms with Crippen LogP contribution in [0.1, 0.15) is 58.8 Å². The van der Waals surface area contributed by atoms with Crippen LogP contribution >= 0.6 is 0 Å². The number of nitrogens with zero attached hydrogens (tertiary/aromatic N) is 1. The Morgan fingerprint density at radius 1 is 0.745 bits per heavy atom. The monoisotopic (exact) mass is 674 g/mol. The molecule has 0 fully saturated rings. The van der Waals surface area contributed by atoms with Crippen molar-refractivity contribution in [1.82, 2.24) is 26.6 Å². The van der Waals surface area contributed by atoms with Crippen molar-refractivity contribution in [3.63, 3.8) is 0 Å². The molecular weight excluding hydrogens is 624 g/mol. The lowest BCUT2D eigenvalue weighted by atomic mass is 10.0. The average molecular weight is 675 g/mol. The minimum Gasteiger partial charge on any atom is -0.481 e. The lowest BCUT2D eigenvalue weighted by Crippen LogP contribution is -2.58. The van der Waals surface area contributed by atoms with E-state index in [1.807, 2.05) is 0 Å². The molecule has 0 aliphatic rings. The lowest BCUT2D eigenvalue weighted by molar-refractivity contribution is -0.143. The normalized spacial score (nSPS) is 14.0. The van der Waals surface area contributed by atoms with Crippen molar-refractivity contribution in [2.45, 2.75) is 89.0 Å². The van der Waals surface area contributed by atoms with Crippen LogP contribution < -0.4 is 49.5 Å². The number of aliphatic hydroxyl groups is 1. The molecule has 16 N–H and O–H groups in total. The van der Waals surface area contributed by atoms with E-state index in [4.69, 9.17) is 22.9 Å². The highest BCUT2D eigenvalue weighted by Crippen LogP contribution is 2.08. The largest absolute Gasteiger partial charge is 0.481 e. The Balaban J connectivity index is 5.84. The van der Waals surface area contributed by atoms with Crippen LogP contribution in [0.4, 0.5) is 0 Å². The molecule has 0 unspecified atom stereocenters. The molecule has 5 atom stereocenters. The van der Waals surface area contributed by atoms with Gasteiger partial charge in [0.05, 0.1) is 25.6 Å². The second-order valence-corrected chi connectivity index (χ2v) is 11.1. The molecule has 0 radical (unpaired) electrons. The molecule has 0 aromatic rings. The summed E-state index contributed by atoms with van der Waals surface area (Å²) < 4.78 is 0. The summed E-state index contributed by atoms with van der Waals surface area (Å²) in [6.07, 6.45) is 0.755. The van der Waals surface area contributed by atoms with Gasteiger partial charge in [0.15, 0.2) is 5.96 Å². The van der Waals surface area contributed by atoms with Crippen molar-refractivity contribution in [2.75, 3.05) is 26.2 Å². The lowest BCUT2D eigenvalue weighted by Gasteiger charge is -2.26. The van der Waals surface area contributed by atoms with Crippen molar-refractivity contribution >= 4 is 47.4 Å². The highest BCUT2D eigenvalue weighted by Gasteiger charge is 2.32. The quantitative estimate of drug-likeness (QED) is 0.0260. The number of carbonyl (C=O) groups excluding carboxylic acids is 5. The number of hydrogen-bond acceptors (Lipinski definition) is 11. The van der Waals surface area contributed by atoms with Gasteiger partial charge in [-0.05, 0) is 44.6 Å². The minimum atomic E-state index is -1.68. The van der Waals surface area contributed by atoms with Crippen LogP contribution in [0.25, 0.3) is 0 Å². The third kappa shape index (κ3) is 18.9. The van der Waals surface area contributed by atoms with Gasteiger partial charge in [-0.3, -0.25) is 33.8 Å². The van der Waals surface area contributed by atoms with E-state index in [1.165, 1.54) is 0 Å². The van der Waals surface area contributed by atoms with E-state index in [2.05, 4.69) is 31.6 Å². The number of aliphatic carboxylic acids is 2. The Morgan fingerprint density at radius 3 is 1.85 bits per heavy atom. The van der Waals surface area contributed by atoms with Gasteiger partial charge < -0.3 is 64.8 Å². The summed E-state index contributed by atoms with van der Waals surface area (Å²) >= 11 is 0. The second-order valence-electron chi connectivity index (χ2n) is 11.1. The van der Waals surface area contributed by atoms with Crippen LogP contribution in [-0.2, 0) is 33.6 Å². The van der Waals surface area contributed by atoms with Crippen LogP contribution in [0.3, 0.4) is 0 Å². The molecule has 0 rings (SSSR count). The first-order chi connectivity index (χ1) is 22.0. The van der Waals surface area contributed by atoms with Crippen LogP contribution in [0.5, 0.6) is 0 Å². The molecule has 0 aliphatic heterocycles. The smallest absolute Gasteiger partial charge is 0.328 e. The summed E-state index contributed by atoms with van der Waals surface area (Å²) in [7, 11) is 0. The fourth-order valence-electron chi connectivity index (χ4n) is 4.05. The molecule has 20 nitrogen and oxygen atoms in total. The van der Waals surface area contributed by atoms with Crippen molar-refractivity contribution < 1.29 is 48.9 Å². The Hall–Kier alpha value is -4.56. The van der Waals surface area contributed by atoms with Gasteiger partial charge in [0, 0.05) is 6.54 Å². The number of guanidine groups is 1. The van der Waals surface area contributed by atoms with Crippen molar-refractivity contribution in [1.29, 1.82) is 0 Å². The maximum absolute atomic E-state index is 13.4.